The van der Waals surface area contributed by atoms with E-state index >= 15 is 0 Å². The standard InChI is InChI=1S/C23H21N3O4/c1-12(27)26-17-6-4-3-5-14(17)23-11-16-21(29)25(2)18(20(28)24-16)10-13-7-8-19(15(23)9-13)30-22(23)26/h3-9,16,18,22H,10-11H2,1-2H3,(H,24,28)/t16-,18-,22-,23+/m1/s1. The molecule has 0 aromatic heterocycles. The van der Waals surface area contributed by atoms with E-state index in [1.807, 2.05) is 36.4 Å². The minimum absolute atomic E-state index is 0.106. The zero-order chi connectivity index (χ0) is 20.8. The first kappa shape index (κ1) is 17.5. The maximum absolute atomic E-state index is 13.2. The highest BCUT2D eigenvalue weighted by atomic mass is 16.5. The molecule has 5 aliphatic rings. The van der Waals surface area contributed by atoms with Crippen LogP contribution < -0.4 is 15.0 Å². The summed E-state index contributed by atoms with van der Waals surface area (Å²) in [6.45, 7) is 1.53. The number of nitrogens with one attached hydrogen (secondary N) is 1. The summed E-state index contributed by atoms with van der Waals surface area (Å²) in [5, 5.41) is 2.96. The van der Waals surface area contributed by atoms with E-state index in [-0.39, 0.29) is 17.7 Å². The van der Waals surface area contributed by atoms with Gasteiger partial charge >= 0.3 is 0 Å². The number of fused-ring (bicyclic) bond motifs is 3. The highest BCUT2D eigenvalue weighted by molar-refractivity contribution is 5.99. The van der Waals surface area contributed by atoms with E-state index in [0.29, 0.717) is 12.8 Å². The van der Waals surface area contributed by atoms with Crippen LogP contribution in [0.15, 0.2) is 42.5 Å². The lowest BCUT2D eigenvalue weighted by Gasteiger charge is -2.41. The summed E-state index contributed by atoms with van der Waals surface area (Å²) in [5.41, 5.74) is 2.97. The summed E-state index contributed by atoms with van der Waals surface area (Å²) in [5.74, 6) is 0.361. The van der Waals surface area contributed by atoms with Gasteiger partial charge in [0.1, 0.15) is 17.8 Å². The second-order valence-electron chi connectivity index (χ2n) is 8.61. The van der Waals surface area contributed by atoms with Crippen LogP contribution in [0.4, 0.5) is 5.69 Å². The highest BCUT2D eigenvalue weighted by Gasteiger charge is 2.62. The lowest BCUT2D eigenvalue weighted by molar-refractivity contribution is -0.148. The van der Waals surface area contributed by atoms with Gasteiger partial charge in [0.25, 0.3) is 0 Å². The number of anilines is 1. The molecule has 0 aliphatic carbocycles. The van der Waals surface area contributed by atoms with Crippen molar-refractivity contribution in [1.82, 2.24) is 10.2 Å². The van der Waals surface area contributed by atoms with Gasteiger partial charge in [0.2, 0.25) is 17.7 Å². The molecular formula is C23H21N3O4. The summed E-state index contributed by atoms with van der Waals surface area (Å²) in [4.78, 5) is 42.0. The predicted octanol–water partition coefficient (Wildman–Crippen LogP) is 1.33. The van der Waals surface area contributed by atoms with Gasteiger partial charge in [-0.25, -0.2) is 0 Å². The van der Waals surface area contributed by atoms with Crippen molar-refractivity contribution in [3.8, 4) is 5.75 Å². The minimum Gasteiger partial charge on any atom is -0.468 e. The van der Waals surface area contributed by atoms with Gasteiger partial charge in [0, 0.05) is 26.0 Å². The number of carbonyl (C=O) groups is 3. The zero-order valence-corrected chi connectivity index (χ0v) is 16.7. The van der Waals surface area contributed by atoms with Gasteiger partial charge in [-0.3, -0.25) is 19.3 Å². The van der Waals surface area contributed by atoms with E-state index in [2.05, 4.69) is 11.4 Å². The summed E-state index contributed by atoms with van der Waals surface area (Å²) < 4.78 is 6.37. The molecule has 0 radical (unpaired) electrons. The molecule has 2 aromatic rings. The Morgan fingerprint density at radius 2 is 1.97 bits per heavy atom. The first-order valence-corrected chi connectivity index (χ1v) is 10.2. The van der Waals surface area contributed by atoms with Crippen molar-refractivity contribution in [2.45, 2.75) is 43.5 Å². The number of hydrogen-bond donors (Lipinski definition) is 1. The quantitative estimate of drug-likeness (QED) is 0.720. The average molecular weight is 403 g/mol. The zero-order valence-electron chi connectivity index (χ0n) is 16.7. The van der Waals surface area contributed by atoms with E-state index in [4.69, 9.17) is 4.74 Å². The number of likely N-dealkylation sites (N-methyl/N-ethyl adjacent to an activating group) is 1. The van der Waals surface area contributed by atoms with Crippen molar-refractivity contribution in [2.75, 3.05) is 11.9 Å². The molecule has 7 nitrogen and oxygen atoms in total. The summed E-state index contributed by atoms with van der Waals surface area (Å²) in [7, 11) is 1.69. The van der Waals surface area contributed by atoms with Gasteiger partial charge in [-0.15, -0.1) is 0 Å². The molecule has 1 fully saturated rings. The van der Waals surface area contributed by atoms with Crippen LogP contribution in [-0.2, 0) is 26.2 Å². The third-order valence-corrected chi connectivity index (χ3v) is 7.09. The Labute approximate surface area is 173 Å². The summed E-state index contributed by atoms with van der Waals surface area (Å²) >= 11 is 0. The van der Waals surface area contributed by atoms with Crippen molar-refractivity contribution < 1.29 is 19.1 Å². The molecule has 0 unspecified atom stereocenters. The molecule has 4 bridgehead atoms. The normalized spacial score (nSPS) is 30.5. The molecule has 152 valence electrons. The van der Waals surface area contributed by atoms with Crippen LogP contribution in [0.5, 0.6) is 5.75 Å². The molecule has 1 spiro atoms. The van der Waals surface area contributed by atoms with Crippen LogP contribution in [0.1, 0.15) is 30.0 Å². The summed E-state index contributed by atoms with van der Waals surface area (Å²) in [6.07, 6.45) is 0.175. The van der Waals surface area contributed by atoms with Gasteiger partial charge in [-0.05, 0) is 29.7 Å². The molecule has 2 aromatic carbocycles. The molecule has 30 heavy (non-hydrogen) atoms. The van der Waals surface area contributed by atoms with E-state index in [9.17, 15) is 14.4 Å². The topological polar surface area (TPSA) is 79.0 Å². The largest absolute Gasteiger partial charge is 0.468 e. The van der Waals surface area contributed by atoms with E-state index in [0.717, 1.165) is 28.1 Å². The molecule has 5 heterocycles. The minimum atomic E-state index is -0.730. The van der Waals surface area contributed by atoms with Crippen LogP contribution in [0.2, 0.25) is 0 Å². The van der Waals surface area contributed by atoms with Gasteiger partial charge < -0.3 is 15.0 Å². The third-order valence-electron chi connectivity index (χ3n) is 7.09. The maximum atomic E-state index is 13.2. The Bertz CT molecular complexity index is 1150. The Balaban J connectivity index is 1.66. The van der Waals surface area contributed by atoms with Crippen LogP contribution in [0.25, 0.3) is 0 Å². The fourth-order valence-electron chi connectivity index (χ4n) is 5.72. The Kier molecular flexibility index (Phi) is 3.28. The average Bonchev–Trinajstić information content (AvgIpc) is 3.18. The lowest BCUT2D eigenvalue weighted by Crippen LogP contribution is -2.64. The van der Waals surface area contributed by atoms with Crippen LogP contribution >= 0.6 is 0 Å². The van der Waals surface area contributed by atoms with Crippen molar-refractivity contribution in [1.29, 1.82) is 0 Å². The van der Waals surface area contributed by atoms with Crippen molar-refractivity contribution >= 4 is 23.4 Å². The van der Waals surface area contributed by atoms with Gasteiger partial charge in [-0.1, -0.05) is 30.3 Å². The van der Waals surface area contributed by atoms with E-state index < -0.39 is 23.7 Å². The van der Waals surface area contributed by atoms with E-state index in [1.54, 1.807) is 16.8 Å². The Morgan fingerprint density at radius 3 is 2.77 bits per heavy atom. The molecular weight excluding hydrogens is 382 g/mol. The first-order chi connectivity index (χ1) is 14.4. The third kappa shape index (κ3) is 1.97. The number of ether oxygens (including phenoxy) is 1. The fourth-order valence-corrected chi connectivity index (χ4v) is 5.72. The van der Waals surface area contributed by atoms with Crippen molar-refractivity contribution in [3.63, 3.8) is 0 Å². The SMILES string of the molecule is CC(=O)N1c2ccccc2[C@@]23C[C@H]4NC(=O)[C@@H](Cc5ccc(c2c5)O[C@@H]13)N(C)C4=O. The monoisotopic (exact) mass is 403 g/mol. The van der Waals surface area contributed by atoms with Gasteiger partial charge in [0.15, 0.2) is 6.23 Å². The number of piperazine rings is 1. The number of rotatable bonds is 0. The lowest BCUT2D eigenvalue weighted by atomic mass is 9.70. The van der Waals surface area contributed by atoms with Gasteiger partial charge in [-0.2, -0.15) is 0 Å². The summed E-state index contributed by atoms with van der Waals surface area (Å²) in [6, 6.07) is 12.5. The van der Waals surface area contributed by atoms with Crippen LogP contribution in [0.3, 0.4) is 0 Å². The maximum Gasteiger partial charge on any atom is 0.245 e. The van der Waals surface area contributed by atoms with E-state index in [1.165, 1.54) is 6.92 Å². The number of nitrogens with zero attached hydrogens (tertiary/aromatic N) is 2. The second-order valence-corrected chi connectivity index (χ2v) is 8.61. The number of benzene rings is 2. The highest BCUT2D eigenvalue weighted by Crippen LogP contribution is 2.59. The van der Waals surface area contributed by atoms with Crippen molar-refractivity contribution in [3.05, 3.63) is 59.2 Å². The number of hydrogen-bond acceptors (Lipinski definition) is 4. The molecule has 5 aliphatic heterocycles. The molecule has 7 rings (SSSR count). The molecule has 1 saturated heterocycles. The molecule has 1 N–H and O–H groups in total. The smallest absolute Gasteiger partial charge is 0.245 e. The Morgan fingerprint density at radius 1 is 1.17 bits per heavy atom. The molecule has 3 amide bonds. The Hall–Kier alpha value is -3.35. The number of amides is 3. The molecule has 7 heteroatoms. The van der Waals surface area contributed by atoms with Crippen molar-refractivity contribution in [2.24, 2.45) is 0 Å². The number of carbonyl (C=O) groups excluding carboxylic acids is 3. The molecule has 4 atom stereocenters. The van der Waals surface area contributed by atoms with Crippen LogP contribution in [0, 0.1) is 0 Å². The number of para-hydroxylation sites is 1. The first-order valence-electron chi connectivity index (χ1n) is 10.2. The van der Waals surface area contributed by atoms with Crippen LogP contribution in [-0.4, -0.2) is 48.0 Å². The fraction of sp³-hybridized carbons (Fsp3) is 0.348. The second kappa shape index (κ2) is 5.62. The predicted molar refractivity (Wildman–Crippen MR) is 108 cm³/mol. The van der Waals surface area contributed by atoms with Gasteiger partial charge in [0.05, 0.1) is 11.1 Å². The molecule has 0 saturated carbocycles.